The van der Waals surface area contributed by atoms with E-state index in [4.69, 9.17) is 0 Å². The first-order valence-electron chi connectivity index (χ1n) is 11.6. The summed E-state index contributed by atoms with van der Waals surface area (Å²) >= 11 is 0. The van der Waals surface area contributed by atoms with Crippen LogP contribution in [0.15, 0.2) is 36.8 Å². The second-order valence-electron chi connectivity index (χ2n) is 7.92. The van der Waals surface area contributed by atoms with Gasteiger partial charge in [0.2, 0.25) is 0 Å². The summed E-state index contributed by atoms with van der Waals surface area (Å²) < 4.78 is 0.815. The predicted octanol–water partition coefficient (Wildman–Crippen LogP) is 5.89. The molecule has 0 radical (unpaired) electrons. The molecule has 0 aromatic heterocycles. The molecule has 1 nitrogen and oxygen atoms in total. The third kappa shape index (κ3) is 20.5. The van der Waals surface area contributed by atoms with Gasteiger partial charge in [0.1, 0.15) is 18.6 Å². The van der Waals surface area contributed by atoms with Crippen LogP contribution in [0.1, 0.15) is 117 Å². The lowest BCUT2D eigenvalue weighted by Gasteiger charge is -2.20. The highest BCUT2D eigenvalue weighted by Crippen LogP contribution is 2.13. The van der Waals surface area contributed by atoms with Crippen molar-refractivity contribution < 1.29 is 28.5 Å². The van der Waals surface area contributed by atoms with Crippen molar-refractivity contribution in [3.63, 3.8) is 0 Å². The van der Waals surface area contributed by atoms with Crippen LogP contribution in [0.5, 0.6) is 0 Å². The van der Waals surface area contributed by atoms with Gasteiger partial charge in [-0.25, -0.2) is 4.48 Å². The lowest BCUT2D eigenvalue weighted by atomic mass is 10.1. The Bertz CT molecular complexity index is 315. The third-order valence-electron chi connectivity index (χ3n) is 4.95. The molecule has 0 saturated carbocycles. The van der Waals surface area contributed by atoms with E-state index < -0.39 is 0 Å². The fourth-order valence-corrected chi connectivity index (χ4v) is 3.12. The molecule has 0 bridgehead atoms. The highest BCUT2D eigenvalue weighted by molar-refractivity contribution is 4.88. The van der Waals surface area contributed by atoms with E-state index in [2.05, 4.69) is 64.6 Å². The third-order valence-corrected chi connectivity index (χ3v) is 4.95. The fraction of sp³-hybridized carbons (Fsp3) is 0.760. The van der Waals surface area contributed by atoms with Gasteiger partial charge in [0.25, 0.3) is 0 Å². The molecule has 160 valence electrons. The van der Waals surface area contributed by atoms with E-state index in [0.717, 1.165) is 4.48 Å². The summed E-state index contributed by atoms with van der Waals surface area (Å²) in [5.41, 5.74) is 0. The van der Waals surface area contributed by atoms with E-state index in [1.165, 1.54) is 96.3 Å². The Morgan fingerprint density at radius 2 is 0.778 bits per heavy atom. The van der Waals surface area contributed by atoms with E-state index in [1.54, 1.807) is 0 Å². The molecule has 27 heavy (non-hydrogen) atoms. The first-order chi connectivity index (χ1) is 12.7. The molecule has 0 rings (SSSR count). The van der Waals surface area contributed by atoms with Crippen LogP contribution >= 0.6 is 0 Å². The van der Waals surface area contributed by atoms with Crippen LogP contribution in [0, 0.1) is 0 Å². The molecule has 2 heteroatoms. The molecule has 0 aliphatic carbocycles. The van der Waals surface area contributed by atoms with Gasteiger partial charge in [0, 0.05) is 0 Å². The molecule has 0 heterocycles. The van der Waals surface area contributed by atoms with Crippen LogP contribution in [-0.2, 0) is 0 Å². The van der Waals surface area contributed by atoms with E-state index in [1.807, 2.05) is 0 Å². The Hall–Kier alpha value is -0.0900. The molecule has 0 saturated heterocycles. The molecule has 0 aliphatic rings. The normalized spacial score (nSPS) is 14.2. The van der Waals surface area contributed by atoms with Gasteiger partial charge >= 0.3 is 0 Å². The molecule has 0 fully saturated rings. The van der Waals surface area contributed by atoms with Gasteiger partial charge < -0.3 is 24.0 Å². The van der Waals surface area contributed by atoms with Crippen molar-refractivity contribution >= 4 is 0 Å². The van der Waals surface area contributed by atoms with Crippen LogP contribution < -0.4 is 24.0 Å². The van der Waals surface area contributed by atoms with Crippen LogP contribution in [0.2, 0.25) is 0 Å². The molecule has 0 aliphatic heterocycles. The first kappa shape index (κ1) is 29.1. The standard InChI is InChI=1S/C25H48N.HI/c1-5-8-11-14-17-20-23-26(4,24-21-18-15-12-9-6-2)25-22-19-16-13-10-7-3;/h20-25H,5-19H2,1-4H3;1H/q+1;/p-1. The number of unbranched alkanes of at least 4 members (excludes halogenated alkanes) is 12. The zero-order valence-electron chi connectivity index (χ0n) is 18.9. The number of rotatable bonds is 18. The molecular formula is C25H48IN. The minimum atomic E-state index is 0. The molecule has 0 amide bonds. The second kappa shape index (κ2) is 22.2. The summed E-state index contributed by atoms with van der Waals surface area (Å²) in [6.45, 7) is 6.83. The van der Waals surface area contributed by atoms with E-state index in [-0.39, 0.29) is 24.0 Å². The van der Waals surface area contributed by atoms with Gasteiger partial charge in [0.05, 0.1) is 7.05 Å². The van der Waals surface area contributed by atoms with Crippen molar-refractivity contribution in [3.8, 4) is 0 Å². The zero-order valence-corrected chi connectivity index (χ0v) is 21.1. The van der Waals surface area contributed by atoms with Crippen molar-refractivity contribution in [1.29, 1.82) is 0 Å². The Balaban J connectivity index is 0. The highest BCUT2D eigenvalue weighted by atomic mass is 127. The Morgan fingerprint density at radius 3 is 1.04 bits per heavy atom. The SMILES string of the molecule is CCCCCCC=C[N+](C)(C=CCCCCCC)C=CCCCCCC.[I-]. The van der Waals surface area contributed by atoms with Crippen molar-refractivity contribution in [3.05, 3.63) is 36.8 Å². The molecule has 0 spiro atoms. The van der Waals surface area contributed by atoms with Crippen molar-refractivity contribution in [2.45, 2.75) is 117 Å². The summed E-state index contributed by atoms with van der Waals surface area (Å²) in [5, 5.41) is 0. The number of halogens is 1. The quantitative estimate of drug-likeness (QED) is 0.128. The van der Waals surface area contributed by atoms with Gasteiger partial charge in [-0.1, -0.05) is 78.6 Å². The second-order valence-corrected chi connectivity index (χ2v) is 7.92. The first-order valence-corrected chi connectivity index (χ1v) is 11.6. The summed E-state index contributed by atoms with van der Waals surface area (Å²) in [7, 11) is 2.30. The van der Waals surface area contributed by atoms with Crippen LogP contribution in [0.4, 0.5) is 0 Å². The number of nitrogens with zero attached hydrogens (tertiary/aromatic N) is 1. The molecule has 0 unspecified atom stereocenters. The summed E-state index contributed by atoms with van der Waals surface area (Å²) in [5.74, 6) is 0. The minimum absolute atomic E-state index is 0. The maximum Gasteiger partial charge on any atom is 0.101 e. The van der Waals surface area contributed by atoms with Gasteiger partial charge in [-0.15, -0.1) is 0 Å². The topological polar surface area (TPSA) is 0 Å². The summed E-state index contributed by atoms with van der Waals surface area (Å²) in [4.78, 5) is 0. The molecule has 0 N–H and O–H groups in total. The smallest absolute Gasteiger partial charge is 0.101 e. The number of quaternary nitrogens is 1. The summed E-state index contributed by atoms with van der Waals surface area (Å²) in [6.07, 6.45) is 34.1. The monoisotopic (exact) mass is 489 g/mol. The van der Waals surface area contributed by atoms with Crippen LogP contribution in [-0.4, -0.2) is 11.5 Å². The van der Waals surface area contributed by atoms with Gasteiger partial charge in [-0.2, -0.15) is 0 Å². The average molecular weight is 490 g/mol. The predicted molar refractivity (Wildman–Crippen MR) is 120 cm³/mol. The van der Waals surface area contributed by atoms with Crippen LogP contribution in [0.3, 0.4) is 0 Å². The van der Waals surface area contributed by atoms with E-state index in [9.17, 15) is 0 Å². The van der Waals surface area contributed by atoms with Crippen LogP contribution in [0.25, 0.3) is 0 Å². The Kier molecular flexibility index (Phi) is 23.9. The fourth-order valence-electron chi connectivity index (χ4n) is 3.12. The number of hydrogen-bond donors (Lipinski definition) is 0. The van der Waals surface area contributed by atoms with Crippen molar-refractivity contribution in [2.75, 3.05) is 7.05 Å². The zero-order chi connectivity index (χ0) is 19.3. The minimum Gasteiger partial charge on any atom is -1.00 e. The molecule has 0 atom stereocenters. The molecule has 0 aromatic rings. The Labute approximate surface area is 189 Å². The summed E-state index contributed by atoms with van der Waals surface area (Å²) in [6, 6.07) is 0. The maximum atomic E-state index is 2.39. The van der Waals surface area contributed by atoms with Gasteiger partial charge in [0.15, 0.2) is 0 Å². The number of hydrogen-bond acceptors (Lipinski definition) is 0. The van der Waals surface area contributed by atoms with E-state index >= 15 is 0 Å². The largest absolute Gasteiger partial charge is 1.00 e. The lowest BCUT2D eigenvalue weighted by Crippen LogP contribution is -3.00. The molecular weight excluding hydrogens is 441 g/mol. The average Bonchev–Trinajstić information content (AvgIpc) is 2.64. The lowest BCUT2D eigenvalue weighted by molar-refractivity contribution is -0.750. The van der Waals surface area contributed by atoms with Gasteiger partial charge in [-0.3, -0.25) is 0 Å². The van der Waals surface area contributed by atoms with Crippen molar-refractivity contribution in [1.82, 2.24) is 0 Å². The molecule has 0 aromatic carbocycles. The van der Waals surface area contributed by atoms with Gasteiger partial charge in [-0.05, 0) is 56.8 Å². The van der Waals surface area contributed by atoms with Crippen molar-refractivity contribution in [2.24, 2.45) is 0 Å². The highest BCUT2D eigenvalue weighted by Gasteiger charge is 2.10. The number of allylic oxidation sites excluding steroid dienone is 3. The van der Waals surface area contributed by atoms with E-state index in [0.29, 0.717) is 0 Å². The maximum absolute atomic E-state index is 2.39. The Morgan fingerprint density at radius 1 is 0.481 bits per heavy atom.